The highest BCUT2D eigenvalue weighted by molar-refractivity contribution is 5.79. The molecule has 1 fully saturated rings. The molecule has 1 aromatic rings. The van der Waals surface area contributed by atoms with Crippen molar-refractivity contribution in [2.24, 2.45) is 18.0 Å². The van der Waals surface area contributed by atoms with Crippen LogP contribution in [0.2, 0.25) is 0 Å². The molecule has 0 saturated carbocycles. The second-order valence-corrected chi connectivity index (χ2v) is 7.56. The lowest BCUT2D eigenvalue weighted by Gasteiger charge is -2.29. The number of aromatic nitrogens is 2. The van der Waals surface area contributed by atoms with Crippen LogP contribution in [0, 0.1) is 19.8 Å². The maximum atomic E-state index is 4.51. The SMILES string of the molecule is CN=C(NCCC1CCN(C)CC1)NC(C)Cc1c(C)nn(C)c1C. The maximum Gasteiger partial charge on any atom is 0.191 e. The lowest BCUT2D eigenvalue weighted by atomic mass is 9.94. The van der Waals surface area contributed by atoms with E-state index in [0.29, 0.717) is 6.04 Å². The Morgan fingerprint density at radius 3 is 2.52 bits per heavy atom. The monoisotopic (exact) mass is 348 g/mol. The molecule has 0 aromatic carbocycles. The number of aryl methyl sites for hydroxylation is 2. The first-order valence-corrected chi connectivity index (χ1v) is 9.55. The molecule has 6 nitrogen and oxygen atoms in total. The molecule has 1 saturated heterocycles. The van der Waals surface area contributed by atoms with Crippen molar-refractivity contribution in [1.29, 1.82) is 0 Å². The van der Waals surface area contributed by atoms with Crippen molar-refractivity contribution in [2.45, 2.75) is 52.5 Å². The Balaban J connectivity index is 1.75. The van der Waals surface area contributed by atoms with Gasteiger partial charge in [0, 0.05) is 32.4 Å². The minimum atomic E-state index is 0.316. The third kappa shape index (κ3) is 5.73. The Morgan fingerprint density at radius 2 is 1.96 bits per heavy atom. The Morgan fingerprint density at radius 1 is 1.28 bits per heavy atom. The Kier molecular flexibility index (Phi) is 7.29. The lowest BCUT2D eigenvalue weighted by Crippen LogP contribution is -2.44. The summed E-state index contributed by atoms with van der Waals surface area (Å²) in [5.74, 6) is 1.75. The van der Waals surface area contributed by atoms with Gasteiger partial charge in [0.2, 0.25) is 0 Å². The van der Waals surface area contributed by atoms with Gasteiger partial charge in [-0.2, -0.15) is 5.10 Å². The Bertz CT molecular complexity index is 569. The number of likely N-dealkylation sites (tertiary alicyclic amines) is 1. The Labute approximate surface area is 153 Å². The highest BCUT2D eigenvalue weighted by Crippen LogP contribution is 2.18. The van der Waals surface area contributed by atoms with Crippen molar-refractivity contribution < 1.29 is 0 Å². The molecule has 6 heteroatoms. The van der Waals surface area contributed by atoms with E-state index < -0.39 is 0 Å². The first-order valence-electron chi connectivity index (χ1n) is 9.55. The summed E-state index contributed by atoms with van der Waals surface area (Å²) in [5.41, 5.74) is 3.71. The summed E-state index contributed by atoms with van der Waals surface area (Å²) in [6.45, 7) is 9.89. The topological polar surface area (TPSA) is 57.5 Å². The standard InChI is InChI=1S/C19H36N6/c1-14(13-18-15(2)23-25(6)16(18)3)22-19(20-4)21-10-7-17-8-11-24(5)12-9-17/h14,17H,7-13H2,1-6H3,(H2,20,21,22). The predicted octanol–water partition coefficient (Wildman–Crippen LogP) is 1.86. The summed E-state index contributed by atoms with van der Waals surface area (Å²) >= 11 is 0. The fraction of sp³-hybridized carbons (Fsp3) is 0.789. The quantitative estimate of drug-likeness (QED) is 0.609. The molecule has 0 aliphatic carbocycles. The predicted molar refractivity (Wildman–Crippen MR) is 105 cm³/mol. The second-order valence-electron chi connectivity index (χ2n) is 7.56. The lowest BCUT2D eigenvalue weighted by molar-refractivity contribution is 0.213. The summed E-state index contributed by atoms with van der Waals surface area (Å²) in [4.78, 5) is 6.80. The molecule has 142 valence electrons. The van der Waals surface area contributed by atoms with Gasteiger partial charge >= 0.3 is 0 Å². The Hall–Kier alpha value is -1.56. The van der Waals surface area contributed by atoms with Crippen LogP contribution in [0.3, 0.4) is 0 Å². The van der Waals surface area contributed by atoms with E-state index >= 15 is 0 Å². The fourth-order valence-electron chi connectivity index (χ4n) is 3.64. The zero-order chi connectivity index (χ0) is 18.4. The van der Waals surface area contributed by atoms with Crippen molar-refractivity contribution >= 4 is 5.96 Å². The van der Waals surface area contributed by atoms with Crippen LogP contribution in [-0.2, 0) is 13.5 Å². The van der Waals surface area contributed by atoms with Gasteiger partial charge in [-0.25, -0.2) is 0 Å². The molecule has 2 N–H and O–H groups in total. The summed E-state index contributed by atoms with van der Waals surface area (Å²) in [7, 11) is 6.07. The highest BCUT2D eigenvalue weighted by Gasteiger charge is 2.17. The first-order chi connectivity index (χ1) is 11.9. The van der Waals surface area contributed by atoms with Crippen molar-refractivity contribution in [1.82, 2.24) is 25.3 Å². The molecule has 2 heterocycles. The van der Waals surface area contributed by atoms with E-state index in [1.165, 1.54) is 43.6 Å². The van der Waals surface area contributed by atoms with Gasteiger partial charge in [-0.3, -0.25) is 9.67 Å². The molecule has 1 unspecified atom stereocenters. The van der Waals surface area contributed by atoms with Crippen LogP contribution >= 0.6 is 0 Å². The van der Waals surface area contributed by atoms with E-state index in [4.69, 9.17) is 0 Å². The summed E-state index contributed by atoms with van der Waals surface area (Å²) in [5, 5.41) is 11.5. The number of nitrogens with one attached hydrogen (secondary N) is 2. The van der Waals surface area contributed by atoms with Crippen molar-refractivity contribution in [3.8, 4) is 0 Å². The van der Waals surface area contributed by atoms with E-state index in [-0.39, 0.29) is 0 Å². The summed E-state index contributed by atoms with van der Waals surface area (Å²) in [6, 6.07) is 0.316. The number of piperidine rings is 1. The molecule has 0 amide bonds. The van der Waals surface area contributed by atoms with Crippen LogP contribution in [0.25, 0.3) is 0 Å². The van der Waals surface area contributed by atoms with Crippen LogP contribution in [0.1, 0.15) is 43.1 Å². The van der Waals surface area contributed by atoms with Crippen LogP contribution in [0.15, 0.2) is 4.99 Å². The van der Waals surface area contributed by atoms with Gasteiger partial charge in [-0.05, 0) is 78.1 Å². The maximum absolute atomic E-state index is 4.51. The molecule has 25 heavy (non-hydrogen) atoms. The first kappa shape index (κ1) is 19.8. The summed E-state index contributed by atoms with van der Waals surface area (Å²) < 4.78 is 1.96. The number of hydrogen-bond donors (Lipinski definition) is 2. The van der Waals surface area contributed by atoms with Gasteiger partial charge in [0.05, 0.1) is 5.69 Å². The highest BCUT2D eigenvalue weighted by atomic mass is 15.3. The van der Waals surface area contributed by atoms with Gasteiger partial charge in [0.25, 0.3) is 0 Å². The van der Waals surface area contributed by atoms with E-state index in [2.05, 4.69) is 53.4 Å². The van der Waals surface area contributed by atoms with Gasteiger partial charge in [-0.1, -0.05) is 0 Å². The van der Waals surface area contributed by atoms with Crippen molar-refractivity contribution in [2.75, 3.05) is 33.7 Å². The van der Waals surface area contributed by atoms with Crippen LogP contribution in [0.4, 0.5) is 0 Å². The smallest absolute Gasteiger partial charge is 0.191 e. The molecule has 0 bridgehead atoms. The molecular weight excluding hydrogens is 312 g/mol. The number of rotatable bonds is 6. The molecule has 1 aliphatic rings. The van der Waals surface area contributed by atoms with Gasteiger partial charge in [0.1, 0.15) is 0 Å². The molecular formula is C19H36N6. The fourth-order valence-corrected chi connectivity index (χ4v) is 3.64. The third-order valence-corrected chi connectivity index (χ3v) is 5.46. The van der Waals surface area contributed by atoms with Gasteiger partial charge < -0.3 is 15.5 Å². The third-order valence-electron chi connectivity index (χ3n) is 5.46. The number of aliphatic imine (C=N–C) groups is 1. The van der Waals surface area contributed by atoms with Crippen LogP contribution < -0.4 is 10.6 Å². The van der Waals surface area contributed by atoms with E-state index in [9.17, 15) is 0 Å². The minimum Gasteiger partial charge on any atom is -0.356 e. The normalized spacial score (nSPS) is 18.4. The molecule has 1 aromatic heterocycles. The average molecular weight is 349 g/mol. The minimum absolute atomic E-state index is 0.316. The molecule has 2 rings (SSSR count). The van der Waals surface area contributed by atoms with Crippen LogP contribution in [0.5, 0.6) is 0 Å². The molecule has 0 radical (unpaired) electrons. The number of nitrogens with zero attached hydrogens (tertiary/aromatic N) is 4. The molecule has 1 atom stereocenters. The second kappa shape index (κ2) is 9.22. The number of guanidine groups is 1. The number of hydrogen-bond acceptors (Lipinski definition) is 3. The molecule has 0 spiro atoms. The van der Waals surface area contributed by atoms with Gasteiger partial charge in [0.15, 0.2) is 5.96 Å². The zero-order valence-corrected chi connectivity index (χ0v) is 16.9. The van der Waals surface area contributed by atoms with E-state index in [0.717, 1.165) is 30.5 Å². The summed E-state index contributed by atoms with van der Waals surface area (Å²) in [6.07, 6.45) is 4.82. The largest absolute Gasteiger partial charge is 0.356 e. The zero-order valence-electron chi connectivity index (χ0n) is 16.9. The van der Waals surface area contributed by atoms with E-state index in [1.54, 1.807) is 0 Å². The average Bonchev–Trinajstić information content (AvgIpc) is 2.82. The van der Waals surface area contributed by atoms with Gasteiger partial charge in [-0.15, -0.1) is 0 Å². The molecule has 1 aliphatic heterocycles. The van der Waals surface area contributed by atoms with Crippen molar-refractivity contribution in [3.63, 3.8) is 0 Å². The van der Waals surface area contributed by atoms with Crippen LogP contribution in [-0.4, -0.2) is 60.4 Å². The van der Waals surface area contributed by atoms with E-state index in [1.807, 2.05) is 18.8 Å². The van der Waals surface area contributed by atoms with Crippen molar-refractivity contribution in [3.05, 3.63) is 17.0 Å².